The minimum Gasteiger partial charge on any atom is -0.354 e. The van der Waals surface area contributed by atoms with Crippen LogP contribution in [0.4, 0.5) is 5.82 Å². The highest BCUT2D eigenvalue weighted by Gasteiger charge is 2.17. The van der Waals surface area contributed by atoms with Gasteiger partial charge in [-0.05, 0) is 19.4 Å². The van der Waals surface area contributed by atoms with Crippen molar-refractivity contribution < 1.29 is 0 Å². The lowest BCUT2D eigenvalue weighted by Crippen LogP contribution is -2.38. The van der Waals surface area contributed by atoms with Crippen molar-refractivity contribution >= 4 is 5.82 Å². The second kappa shape index (κ2) is 4.44. The maximum Gasteiger partial charge on any atom is 0.290 e. The van der Waals surface area contributed by atoms with Crippen molar-refractivity contribution in [2.24, 2.45) is 0 Å². The molecule has 2 rings (SSSR count). The molecule has 0 radical (unpaired) electrons. The Bertz CT molecular complexity index is 370. The van der Waals surface area contributed by atoms with Crippen LogP contribution < -0.4 is 15.8 Å². The lowest BCUT2D eigenvalue weighted by atomic mass is 10.2. The van der Waals surface area contributed by atoms with E-state index in [9.17, 15) is 4.79 Å². The van der Waals surface area contributed by atoms with Gasteiger partial charge in [-0.2, -0.15) is 0 Å². The lowest BCUT2D eigenvalue weighted by molar-refractivity contribution is 0.596. The fourth-order valence-corrected chi connectivity index (χ4v) is 1.95. The van der Waals surface area contributed by atoms with Gasteiger partial charge in [-0.3, -0.25) is 4.79 Å². The topological polar surface area (TPSA) is 61.0 Å². The predicted molar refractivity (Wildman–Crippen MR) is 59.2 cm³/mol. The molecule has 1 atom stereocenters. The standard InChI is InChI=1S/C10H16N4O/c1-14(7-8-3-2-4-11-8)9-10(15)13-6-5-12-9/h5-6,8,11H,2-4,7H2,1H3,(H,13,15). The van der Waals surface area contributed by atoms with E-state index < -0.39 is 0 Å². The molecule has 0 bridgehead atoms. The normalized spacial score (nSPS) is 20.5. The van der Waals surface area contributed by atoms with Gasteiger partial charge in [0.1, 0.15) is 0 Å². The van der Waals surface area contributed by atoms with E-state index in [1.54, 1.807) is 12.4 Å². The van der Waals surface area contributed by atoms with Crippen molar-refractivity contribution in [1.29, 1.82) is 0 Å². The molecule has 0 spiro atoms. The lowest BCUT2D eigenvalue weighted by Gasteiger charge is -2.21. The molecule has 1 aliphatic rings. The number of nitrogens with zero attached hydrogens (tertiary/aromatic N) is 2. The number of hydrogen-bond acceptors (Lipinski definition) is 4. The Kier molecular flexibility index (Phi) is 3.01. The van der Waals surface area contributed by atoms with E-state index in [-0.39, 0.29) is 5.56 Å². The number of aromatic amines is 1. The SMILES string of the molecule is CN(CC1CCCN1)c1ncc[nH]c1=O. The maximum atomic E-state index is 11.5. The number of H-pyrrole nitrogens is 1. The van der Waals surface area contributed by atoms with Crippen LogP contribution in [0.2, 0.25) is 0 Å². The summed E-state index contributed by atoms with van der Waals surface area (Å²) in [6.45, 7) is 1.91. The van der Waals surface area contributed by atoms with E-state index in [1.807, 2.05) is 11.9 Å². The highest BCUT2D eigenvalue weighted by Crippen LogP contribution is 2.08. The average Bonchev–Trinajstić information content (AvgIpc) is 2.71. The van der Waals surface area contributed by atoms with Crippen LogP contribution in [-0.2, 0) is 0 Å². The molecule has 2 N–H and O–H groups in total. The quantitative estimate of drug-likeness (QED) is 0.731. The largest absolute Gasteiger partial charge is 0.354 e. The van der Waals surface area contributed by atoms with Crippen molar-refractivity contribution in [2.45, 2.75) is 18.9 Å². The molecule has 1 aromatic rings. The predicted octanol–water partition coefficient (Wildman–Crippen LogP) is -0.0419. The average molecular weight is 208 g/mol. The molecule has 1 aliphatic heterocycles. The molecule has 1 fully saturated rings. The van der Waals surface area contributed by atoms with E-state index in [1.165, 1.54) is 12.8 Å². The van der Waals surface area contributed by atoms with Crippen molar-refractivity contribution in [3.8, 4) is 0 Å². The van der Waals surface area contributed by atoms with E-state index >= 15 is 0 Å². The molecule has 2 heterocycles. The van der Waals surface area contributed by atoms with Crippen LogP contribution in [0.25, 0.3) is 0 Å². The van der Waals surface area contributed by atoms with Gasteiger partial charge >= 0.3 is 0 Å². The van der Waals surface area contributed by atoms with Crippen LogP contribution >= 0.6 is 0 Å². The summed E-state index contributed by atoms with van der Waals surface area (Å²) in [6.07, 6.45) is 5.55. The fourth-order valence-electron chi connectivity index (χ4n) is 1.95. The molecule has 1 unspecified atom stereocenters. The zero-order valence-corrected chi connectivity index (χ0v) is 8.86. The van der Waals surface area contributed by atoms with Crippen molar-refractivity contribution in [1.82, 2.24) is 15.3 Å². The third-order valence-corrected chi connectivity index (χ3v) is 2.71. The van der Waals surface area contributed by atoms with Gasteiger partial charge < -0.3 is 15.2 Å². The minimum absolute atomic E-state index is 0.127. The monoisotopic (exact) mass is 208 g/mol. The Morgan fingerprint density at radius 2 is 2.53 bits per heavy atom. The molecule has 82 valence electrons. The first-order valence-electron chi connectivity index (χ1n) is 5.25. The first kappa shape index (κ1) is 10.2. The Hall–Kier alpha value is -1.36. The third-order valence-electron chi connectivity index (χ3n) is 2.71. The summed E-state index contributed by atoms with van der Waals surface area (Å²) < 4.78 is 0. The van der Waals surface area contributed by atoms with E-state index in [0.717, 1.165) is 13.1 Å². The second-order valence-corrected chi connectivity index (χ2v) is 3.92. The third kappa shape index (κ3) is 2.36. The molecule has 0 aliphatic carbocycles. The summed E-state index contributed by atoms with van der Waals surface area (Å²) in [7, 11) is 1.90. The molecule has 15 heavy (non-hydrogen) atoms. The molecule has 1 saturated heterocycles. The molecule has 5 nitrogen and oxygen atoms in total. The van der Waals surface area contributed by atoms with Crippen molar-refractivity contribution in [3.63, 3.8) is 0 Å². The summed E-state index contributed by atoms with van der Waals surface area (Å²) in [5.41, 5.74) is -0.127. The minimum atomic E-state index is -0.127. The number of hydrogen-bond donors (Lipinski definition) is 2. The Labute approximate surface area is 88.5 Å². The van der Waals surface area contributed by atoms with Gasteiger partial charge in [0.25, 0.3) is 5.56 Å². The van der Waals surface area contributed by atoms with Gasteiger partial charge in [0.15, 0.2) is 5.82 Å². The molecular weight excluding hydrogens is 192 g/mol. The summed E-state index contributed by atoms with van der Waals surface area (Å²) in [6, 6.07) is 0.483. The highest BCUT2D eigenvalue weighted by molar-refractivity contribution is 5.33. The molecule has 0 aromatic carbocycles. The number of likely N-dealkylation sites (N-methyl/N-ethyl adjacent to an activating group) is 1. The van der Waals surface area contributed by atoms with Crippen molar-refractivity contribution in [3.05, 3.63) is 22.7 Å². The number of anilines is 1. The summed E-state index contributed by atoms with van der Waals surface area (Å²) in [5, 5.41) is 3.40. The van der Waals surface area contributed by atoms with Gasteiger partial charge in [-0.1, -0.05) is 0 Å². The zero-order valence-electron chi connectivity index (χ0n) is 8.86. The maximum absolute atomic E-state index is 11.5. The van der Waals surface area contributed by atoms with Gasteiger partial charge in [0.2, 0.25) is 0 Å². The van der Waals surface area contributed by atoms with Crippen LogP contribution in [0.15, 0.2) is 17.2 Å². The first-order chi connectivity index (χ1) is 7.27. The molecule has 0 amide bonds. The summed E-state index contributed by atoms with van der Waals surface area (Å²) in [4.78, 5) is 20.1. The fraction of sp³-hybridized carbons (Fsp3) is 0.600. The molecule has 5 heteroatoms. The van der Waals surface area contributed by atoms with E-state index in [2.05, 4.69) is 15.3 Å². The smallest absolute Gasteiger partial charge is 0.290 e. The van der Waals surface area contributed by atoms with Crippen LogP contribution in [0.5, 0.6) is 0 Å². The number of rotatable bonds is 3. The van der Waals surface area contributed by atoms with E-state index in [4.69, 9.17) is 0 Å². The number of nitrogens with one attached hydrogen (secondary N) is 2. The van der Waals surface area contributed by atoms with Crippen LogP contribution in [0.3, 0.4) is 0 Å². The van der Waals surface area contributed by atoms with Crippen molar-refractivity contribution in [2.75, 3.05) is 25.0 Å². The molecule has 0 saturated carbocycles. The second-order valence-electron chi connectivity index (χ2n) is 3.92. The van der Waals surface area contributed by atoms with Crippen LogP contribution in [0.1, 0.15) is 12.8 Å². The van der Waals surface area contributed by atoms with Gasteiger partial charge in [-0.25, -0.2) is 4.98 Å². The Morgan fingerprint density at radius 1 is 1.67 bits per heavy atom. The number of aromatic nitrogens is 2. The van der Waals surface area contributed by atoms with Gasteiger partial charge in [0.05, 0.1) is 0 Å². The molecule has 1 aromatic heterocycles. The Morgan fingerprint density at radius 3 is 3.20 bits per heavy atom. The van der Waals surface area contributed by atoms with Gasteiger partial charge in [0, 0.05) is 32.0 Å². The van der Waals surface area contributed by atoms with E-state index in [0.29, 0.717) is 11.9 Å². The van der Waals surface area contributed by atoms with Gasteiger partial charge in [-0.15, -0.1) is 0 Å². The van der Waals surface area contributed by atoms with Crippen LogP contribution in [0, 0.1) is 0 Å². The highest BCUT2D eigenvalue weighted by atomic mass is 16.1. The zero-order chi connectivity index (χ0) is 10.7. The van der Waals surface area contributed by atoms with Crippen LogP contribution in [-0.4, -0.2) is 36.1 Å². The first-order valence-corrected chi connectivity index (χ1v) is 5.25. The summed E-state index contributed by atoms with van der Waals surface area (Å²) >= 11 is 0. The molecular formula is C10H16N4O. The Balaban J connectivity index is 2.04. The summed E-state index contributed by atoms with van der Waals surface area (Å²) in [5.74, 6) is 0.492.